The quantitative estimate of drug-likeness (QED) is 0.161. The lowest BCUT2D eigenvalue weighted by atomic mass is 9.70. The highest BCUT2D eigenvalue weighted by Crippen LogP contribution is 2.65. The van der Waals surface area contributed by atoms with Gasteiger partial charge in [-0.2, -0.15) is 0 Å². The molecule has 4 aliphatic carbocycles. The van der Waals surface area contributed by atoms with Crippen LogP contribution in [0.15, 0.2) is 267 Å². The van der Waals surface area contributed by atoms with E-state index in [1.165, 1.54) is 139 Å². The van der Waals surface area contributed by atoms with Crippen molar-refractivity contribution in [2.24, 2.45) is 0 Å². The SMILES string of the molecule is CC1(C)c2ccccc2-c2cc3c4cc(-c5ccc(N(c6ccc(-c7ccc8c(c7)-c7ccccc7C8)cc6)c6cccc7c6-c6ccccc6C76c7ccccc7-c7ccccc76)cc5)ccc4n(-c4ccccc4)c3cc21. The molecule has 0 radical (unpaired) electrons. The van der Waals surface area contributed by atoms with Crippen molar-refractivity contribution in [2.75, 3.05) is 4.90 Å². The van der Waals surface area contributed by atoms with Crippen molar-refractivity contribution >= 4 is 38.9 Å². The summed E-state index contributed by atoms with van der Waals surface area (Å²) in [5.41, 5.74) is 32.7. The topological polar surface area (TPSA) is 8.17 Å². The second kappa shape index (κ2) is 16.4. The number of fused-ring (bicyclic) bond motifs is 19. The summed E-state index contributed by atoms with van der Waals surface area (Å²) in [6.07, 6.45) is 0.990. The molecular weight excluding hydrogens is 953 g/mol. The summed E-state index contributed by atoms with van der Waals surface area (Å²) < 4.78 is 2.47. The van der Waals surface area contributed by atoms with Gasteiger partial charge in [-0.05, 0) is 185 Å². The zero-order valence-corrected chi connectivity index (χ0v) is 44.0. The van der Waals surface area contributed by atoms with Gasteiger partial charge >= 0.3 is 0 Å². The molecule has 0 bridgehead atoms. The summed E-state index contributed by atoms with van der Waals surface area (Å²) in [7, 11) is 0. The van der Waals surface area contributed by atoms with Crippen molar-refractivity contribution < 1.29 is 0 Å². The van der Waals surface area contributed by atoms with Crippen LogP contribution in [0.25, 0.3) is 94.3 Å². The Labute approximate surface area is 460 Å². The van der Waals surface area contributed by atoms with E-state index in [0.29, 0.717) is 0 Å². The molecule has 0 unspecified atom stereocenters. The van der Waals surface area contributed by atoms with Gasteiger partial charge in [0.25, 0.3) is 0 Å². The van der Waals surface area contributed by atoms with Gasteiger partial charge in [0.05, 0.1) is 22.1 Å². The molecule has 79 heavy (non-hydrogen) atoms. The Morgan fingerprint density at radius 1 is 0.329 bits per heavy atom. The fourth-order valence-corrected chi connectivity index (χ4v) is 14.9. The third-order valence-corrected chi connectivity index (χ3v) is 18.4. The van der Waals surface area contributed by atoms with Gasteiger partial charge in [-0.3, -0.25) is 0 Å². The lowest BCUT2D eigenvalue weighted by Gasteiger charge is -2.32. The van der Waals surface area contributed by atoms with Crippen LogP contribution in [0.3, 0.4) is 0 Å². The zero-order chi connectivity index (χ0) is 52.1. The van der Waals surface area contributed by atoms with Gasteiger partial charge in [0.15, 0.2) is 0 Å². The smallest absolute Gasteiger partial charge is 0.0726 e. The van der Waals surface area contributed by atoms with E-state index < -0.39 is 5.41 Å². The van der Waals surface area contributed by atoms with E-state index in [9.17, 15) is 0 Å². The maximum absolute atomic E-state index is 2.50. The molecule has 0 atom stereocenters. The van der Waals surface area contributed by atoms with E-state index in [2.05, 4.69) is 290 Å². The number of nitrogens with zero attached hydrogens (tertiary/aromatic N) is 2. The average Bonchev–Trinajstić information content (AvgIpc) is 3.13. The fourth-order valence-electron chi connectivity index (χ4n) is 14.9. The second-order valence-corrected chi connectivity index (χ2v) is 22.7. The number of hydrogen-bond donors (Lipinski definition) is 0. The lowest BCUT2D eigenvalue weighted by Crippen LogP contribution is -2.26. The van der Waals surface area contributed by atoms with Crippen LogP contribution >= 0.6 is 0 Å². The van der Waals surface area contributed by atoms with Crippen LogP contribution in [0.5, 0.6) is 0 Å². The van der Waals surface area contributed by atoms with Crippen LogP contribution < -0.4 is 4.90 Å². The average molecular weight is 1010 g/mol. The second-order valence-electron chi connectivity index (χ2n) is 22.7. The minimum atomic E-state index is -0.456. The summed E-state index contributed by atoms with van der Waals surface area (Å²) in [4.78, 5) is 2.50. The molecule has 0 aliphatic heterocycles. The highest BCUT2D eigenvalue weighted by atomic mass is 15.1. The molecule has 2 heteroatoms. The van der Waals surface area contributed by atoms with Gasteiger partial charge in [0.1, 0.15) is 0 Å². The fraction of sp³-hybridized carbons (Fsp3) is 0.0649. The zero-order valence-electron chi connectivity index (χ0n) is 44.0. The van der Waals surface area contributed by atoms with Crippen molar-refractivity contribution in [1.82, 2.24) is 4.57 Å². The summed E-state index contributed by atoms with van der Waals surface area (Å²) in [6.45, 7) is 4.75. The predicted molar refractivity (Wildman–Crippen MR) is 328 cm³/mol. The molecule has 17 rings (SSSR count). The van der Waals surface area contributed by atoms with E-state index in [4.69, 9.17) is 0 Å². The predicted octanol–water partition coefficient (Wildman–Crippen LogP) is 19.8. The minimum absolute atomic E-state index is 0.103. The van der Waals surface area contributed by atoms with E-state index >= 15 is 0 Å². The number of anilines is 3. The first-order valence-corrected chi connectivity index (χ1v) is 27.9. The van der Waals surface area contributed by atoms with Gasteiger partial charge in [-0.25, -0.2) is 0 Å². The summed E-state index contributed by atoms with van der Waals surface area (Å²) in [6, 6.07) is 101. The maximum Gasteiger partial charge on any atom is 0.0726 e. The van der Waals surface area contributed by atoms with Crippen molar-refractivity contribution in [2.45, 2.75) is 31.1 Å². The molecule has 370 valence electrons. The lowest BCUT2D eigenvalue weighted by molar-refractivity contribution is 0.661. The maximum atomic E-state index is 2.50. The van der Waals surface area contributed by atoms with Gasteiger partial charge < -0.3 is 9.47 Å². The highest BCUT2D eigenvalue weighted by molar-refractivity contribution is 6.13. The normalized spacial score (nSPS) is 14.1. The van der Waals surface area contributed by atoms with E-state index in [1.807, 2.05) is 0 Å². The molecule has 1 aromatic heterocycles. The molecule has 1 heterocycles. The summed E-state index contributed by atoms with van der Waals surface area (Å²) >= 11 is 0. The molecule has 12 aromatic carbocycles. The number of benzene rings is 12. The largest absolute Gasteiger partial charge is 0.310 e. The number of rotatable bonds is 6. The van der Waals surface area contributed by atoms with E-state index in [0.717, 1.165) is 23.5 Å². The molecule has 0 N–H and O–H groups in total. The standard InChI is InChI=1S/C77H52N2/c1-76(2)66-25-12-8-23-60(66)63-46-65-64-45-51(37-42-72(64)79(74(65)47-71(63)76)54-18-4-3-5-19-54)49-35-40-56(41-36-49)78(55-38-33-48(34-39-55)50-31-32-53-43-52-17-6-7-20-57(52)62(53)44-50)73-30-16-29-70-75(73)61-24-11-15-28-69(61)77(70)67-26-13-9-21-58(67)59-22-10-14-27-68(59)77/h3-42,44-47H,43H2,1-2H3. The highest BCUT2D eigenvalue weighted by Gasteiger charge is 2.52. The van der Waals surface area contributed by atoms with Gasteiger partial charge in [-0.1, -0.05) is 208 Å². The first kappa shape index (κ1) is 44.4. The molecule has 13 aromatic rings. The monoisotopic (exact) mass is 1000 g/mol. The molecule has 0 saturated heterocycles. The molecule has 0 saturated carbocycles. The summed E-state index contributed by atoms with van der Waals surface area (Å²) in [5.74, 6) is 0. The Bertz CT molecular complexity index is 4660. The van der Waals surface area contributed by atoms with E-state index in [1.54, 1.807) is 0 Å². The van der Waals surface area contributed by atoms with Crippen LogP contribution in [-0.4, -0.2) is 4.57 Å². The molecule has 4 aliphatic rings. The summed E-state index contributed by atoms with van der Waals surface area (Å²) in [5, 5.41) is 2.52. The van der Waals surface area contributed by atoms with Crippen molar-refractivity contribution in [1.29, 1.82) is 0 Å². The number of aromatic nitrogens is 1. The molecule has 2 nitrogen and oxygen atoms in total. The Morgan fingerprint density at radius 3 is 1.52 bits per heavy atom. The first-order chi connectivity index (χ1) is 38.9. The Hall–Kier alpha value is -9.76. The van der Waals surface area contributed by atoms with Crippen molar-refractivity contribution in [3.63, 3.8) is 0 Å². The van der Waals surface area contributed by atoms with Crippen LogP contribution in [0.1, 0.15) is 58.4 Å². The van der Waals surface area contributed by atoms with Crippen molar-refractivity contribution in [3.05, 3.63) is 311 Å². The van der Waals surface area contributed by atoms with E-state index in [-0.39, 0.29) is 5.41 Å². The Morgan fingerprint density at radius 2 is 0.835 bits per heavy atom. The first-order valence-electron chi connectivity index (χ1n) is 27.9. The minimum Gasteiger partial charge on any atom is -0.310 e. The van der Waals surface area contributed by atoms with Crippen LogP contribution in [0.4, 0.5) is 17.1 Å². The van der Waals surface area contributed by atoms with Gasteiger partial charge in [0, 0.05) is 38.8 Å². The Balaban J connectivity index is 0.832. The van der Waals surface area contributed by atoms with Crippen LogP contribution in [0.2, 0.25) is 0 Å². The van der Waals surface area contributed by atoms with Gasteiger partial charge in [0.2, 0.25) is 0 Å². The van der Waals surface area contributed by atoms with Crippen LogP contribution in [-0.2, 0) is 17.3 Å². The molecule has 0 fully saturated rings. The number of hydrogen-bond acceptors (Lipinski definition) is 1. The van der Waals surface area contributed by atoms with Gasteiger partial charge in [-0.15, -0.1) is 0 Å². The molecule has 0 amide bonds. The third-order valence-electron chi connectivity index (χ3n) is 18.4. The molecular formula is C77H52N2. The third kappa shape index (κ3) is 6.12. The number of para-hydroxylation sites is 1. The van der Waals surface area contributed by atoms with Crippen molar-refractivity contribution in [3.8, 4) is 72.4 Å². The van der Waals surface area contributed by atoms with Crippen LogP contribution in [0, 0.1) is 0 Å². The molecule has 1 spiro atoms. The Kier molecular flexibility index (Phi) is 9.20.